The molecule has 2 rings (SSSR count). The van der Waals surface area contributed by atoms with Crippen molar-refractivity contribution in [3.63, 3.8) is 0 Å². The van der Waals surface area contributed by atoms with Gasteiger partial charge in [-0.15, -0.1) is 0 Å². The number of nitrogens with zero attached hydrogens (tertiary/aromatic N) is 2. The van der Waals surface area contributed by atoms with E-state index in [1.54, 1.807) is 13.1 Å². The van der Waals surface area contributed by atoms with Gasteiger partial charge in [-0.25, -0.2) is 4.98 Å². The average molecular weight is 297 g/mol. The quantitative estimate of drug-likeness (QED) is 0.925. The third kappa shape index (κ3) is 3.84. The lowest BCUT2D eigenvalue weighted by Gasteiger charge is -2.11. The molecule has 0 radical (unpaired) electrons. The molecule has 0 aliphatic rings. The van der Waals surface area contributed by atoms with E-state index in [0.717, 1.165) is 12.1 Å². The number of alkyl halides is 3. The van der Waals surface area contributed by atoms with Crippen LogP contribution in [0, 0.1) is 6.92 Å². The maximum absolute atomic E-state index is 12.7. The molecule has 0 spiro atoms. The smallest absolute Gasteiger partial charge is 0.416 e. The number of anilines is 1. The van der Waals surface area contributed by atoms with Gasteiger partial charge in [0, 0.05) is 18.3 Å². The van der Waals surface area contributed by atoms with E-state index in [9.17, 15) is 13.2 Å². The Balaban J connectivity index is 2.27. The molecule has 112 valence electrons. The number of aryl methyl sites for hydroxylation is 1. The second-order valence-electron chi connectivity index (χ2n) is 4.34. The fourth-order valence-corrected chi connectivity index (χ4v) is 1.62. The third-order valence-electron chi connectivity index (χ3n) is 2.64. The van der Waals surface area contributed by atoms with E-state index in [-0.39, 0.29) is 11.6 Å². The number of halogens is 3. The molecule has 1 aromatic heterocycles. The van der Waals surface area contributed by atoms with Crippen LogP contribution in [-0.2, 0) is 6.18 Å². The van der Waals surface area contributed by atoms with Crippen molar-refractivity contribution in [2.45, 2.75) is 20.0 Å². The summed E-state index contributed by atoms with van der Waals surface area (Å²) in [4.78, 5) is 8.17. The van der Waals surface area contributed by atoms with E-state index in [1.807, 2.05) is 6.92 Å². The van der Waals surface area contributed by atoms with Crippen molar-refractivity contribution in [3.05, 3.63) is 41.6 Å². The SMILES string of the molecule is CCNc1ncc(C)c(Oc2cccc(C(F)(F)F)c2)n1. The topological polar surface area (TPSA) is 47.0 Å². The van der Waals surface area contributed by atoms with Gasteiger partial charge in [0.25, 0.3) is 0 Å². The first-order chi connectivity index (χ1) is 9.90. The number of rotatable bonds is 4. The van der Waals surface area contributed by atoms with Gasteiger partial charge in [0.05, 0.1) is 5.56 Å². The lowest BCUT2D eigenvalue weighted by molar-refractivity contribution is -0.137. The summed E-state index contributed by atoms with van der Waals surface area (Å²) in [6.07, 6.45) is -2.86. The Morgan fingerprint density at radius 1 is 1.29 bits per heavy atom. The molecular weight excluding hydrogens is 283 g/mol. The van der Waals surface area contributed by atoms with E-state index in [1.165, 1.54) is 12.1 Å². The lowest BCUT2D eigenvalue weighted by atomic mass is 10.2. The second-order valence-corrected chi connectivity index (χ2v) is 4.34. The van der Waals surface area contributed by atoms with E-state index >= 15 is 0 Å². The van der Waals surface area contributed by atoms with Gasteiger partial charge in [0.2, 0.25) is 11.8 Å². The first kappa shape index (κ1) is 15.1. The number of benzene rings is 1. The van der Waals surface area contributed by atoms with Crippen molar-refractivity contribution in [3.8, 4) is 11.6 Å². The fraction of sp³-hybridized carbons (Fsp3) is 0.286. The Labute approximate surface area is 120 Å². The molecule has 1 N–H and O–H groups in total. The lowest BCUT2D eigenvalue weighted by Crippen LogP contribution is -2.05. The normalized spacial score (nSPS) is 11.3. The predicted molar refractivity (Wildman–Crippen MR) is 72.5 cm³/mol. The van der Waals surface area contributed by atoms with Crippen LogP contribution in [0.2, 0.25) is 0 Å². The van der Waals surface area contributed by atoms with Crippen LogP contribution in [0.3, 0.4) is 0 Å². The number of nitrogens with one attached hydrogen (secondary N) is 1. The highest BCUT2D eigenvalue weighted by Crippen LogP contribution is 2.32. The predicted octanol–water partition coefficient (Wildman–Crippen LogP) is 4.03. The van der Waals surface area contributed by atoms with Gasteiger partial charge in [-0.3, -0.25) is 0 Å². The van der Waals surface area contributed by atoms with Gasteiger partial charge in [0.1, 0.15) is 5.75 Å². The fourth-order valence-electron chi connectivity index (χ4n) is 1.62. The van der Waals surface area contributed by atoms with Crippen LogP contribution in [-0.4, -0.2) is 16.5 Å². The van der Waals surface area contributed by atoms with Crippen LogP contribution in [0.25, 0.3) is 0 Å². The Bertz CT molecular complexity index is 629. The number of hydrogen-bond acceptors (Lipinski definition) is 4. The van der Waals surface area contributed by atoms with E-state index in [4.69, 9.17) is 4.74 Å². The zero-order chi connectivity index (χ0) is 15.5. The molecule has 0 aliphatic carbocycles. The van der Waals surface area contributed by atoms with Crippen LogP contribution in [0.1, 0.15) is 18.1 Å². The first-order valence-electron chi connectivity index (χ1n) is 6.32. The van der Waals surface area contributed by atoms with E-state index < -0.39 is 11.7 Å². The summed E-state index contributed by atoms with van der Waals surface area (Å²) in [5.74, 6) is 0.666. The summed E-state index contributed by atoms with van der Waals surface area (Å²) >= 11 is 0. The van der Waals surface area contributed by atoms with Crippen LogP contribution >= 0.6 is 0 Å². The minimum Gasteiger partial charge on any atom is -0.439 e. The maximum Gasteiger partial charge on any atom is 0.416 e. The van der Waals surface area contributed by atoms with Crippen molar-refractivity contribution in [2.75, 3.05) is 11.9 Å². The van der Waals surface area contributed by atoms with Crippen LogP contribution in [0.4, 0.5) is 19.1 Å². The monoisotopic (exact) mass is 297 g/mol. The minimum absolute atomic E-state index is 0.0778. The number of ether oxygens (including phenoxy) is 1. The standard InChI is InChI=1S/C14H14F3N3O/c1-3-18-13-19-8-9(2)12(20-13)21-11-6-4-5-10(7-11)14(15,16)17/h4-8H,3H2,1-2H3,(H,18,19,20). The number of aromatic nitrogens is 2. The van der Waals surface area contributed by atoms with Crippen molar-refractivity contribution in [1.29, 1.82) is 0 Å². The van der Waals surface area contributed by atoms with Crippen molar-refractivity contribution in [1.82, 2.24) is 9.97 Å². The van der Waals surface area contributed by atoms with Crippen LogP contribution in [0.5, 0.6) is 11.6 Å². The highest BCUT2D eigenvalue weighted by atomic mass is 19.4. The highest BCUT2D eigenvalue weighted by Gasteiger charge is 2.30. The summed E-state index contributed by atoms with van der Waals surface area (Å²) in [6.45, 7) is 4.24. The molecule has 0 amide bonds. The zero-order valence-corrected chi connectivity index (χ0v) is 11.5. The zero-order valence-electron chi connectivity index (χ0n) is 11.5. The van der Waals surface area contributed by atoms with Crippen molar-refractivity contribution < 1.29 is 17.9 Å². The molecule has 1 heterocycles. The van der Waals surface area contributed by atoms with Gasteiger partial charge >= 0.3 is 6.18 Å². The summed E-state index contributed by atoms with van der Waals surface area (Å²) in [6, 6.07) is 4.67. The average Bonchev–Trinajstić information content (AvgIpc) is 2.42. The molecule has 0 unspecified atom stereocenters. The summed E-state index contributed by atoms with van der Waals surface area (Å²) in [5.41, 5.74) is -0.132. The van der Waals surface area contributed by atoms with Crippen molar-refractivity contribution >= 4 is 5.95 Å². The highest BCUT2D eigenvalue weighted by molar-refractivity contribution is 5.37. The Hall–Kier alpha value is -2.31. The largest absolute Gasteiger partial charge is 0.439 e. The van der Waals surface area contributed by atoms with E-state index in [0.29, 0.717) is 18.1 Å². The maximum atomic E-state index is 12.7. The van der Waals surface area contributed by atoms with Gasteiger partial charge in [-0.1, -0.05) is 6.07 Å². The van der Waals surface area contributed by atoms with Crippen molar-refractivity contribution in [2.24, 2.45) is 0 Å². The molecular formula is C14H14F3N3O. The summed E-state index contributed by atoms with van der Waals surface area (Å²) in [5, 5.41) is 2.91. The molecule has 1 aromatic carbocycles. The molecule has 0 fully saturated rings. The van der Waals surface area contributed by atoms with Gasteiger partial charge in [-0.05, 0) is 32.0 Å². The Morgan fingerprint density at radius 2 is 2.05 bits per heavy atom. The van der Waals surface area contributed by atoms with Gasteiger partial charge in [-0.2, -0.15) is 18.2 Å². The number of hydrogen-bond donors (Lipinski definition) is 1. The van der Waals surface area contributed by atoms with Crippen LogP contribution < -0.4 is 10.1 Å². The summed E-state index contributed by atoms with van der Waals surface area (Å²) < 4.78 is 43.4. The minimum atomic E-state index is -4.41. The Kier molecular flexibility index (Phi) is 4.30. The van der Waals surface area contributed by atoms with E-state index in [2.05, 4.69) is 15.3 Å². The first-order valence-corrected chi connectivity index (χ1v) is 6.32. The molecule has 7 heteroatoms. The molecule has 0 saturated carbocycles. The molecule has 0 atom stereocenters. The Morgan fingerprint density at radius 3 is 2.71 bits per heavy atom. The van der Waals surface area contributed by atoms with Gasteiger partial charge in [0.15, 0.2) is 0 Å². The molecule has 2 aromatic rings. The second kappa shape index (κ2) is 5.99. The van der Waals surface area contributed by atoms with Gasteiger partial charge < -0.3 is 10.1 Å². The third-order valence-corrected chi connectivity index (χ3v) is 2.64. The van der Waals surface area contributed by atoms with Crippen LogP contribution in [0.15, 0.2) is 30.5 Å². The molecule has 4 nitrogen and oxygen atoms in total. The molecule has 21 heavy (non-hydrogen) atoms. The summed E-state index contributed by atoms with van der Waals surface area (Å²) in [7, 11) is 0. The molecule has 0 aliphatic heterocycles. The molecule has 0 saturated heterocycles. The molecule has 0 bridgehead atoms.